The van der Waals surface area contributed by atoms with Gasteiger partial charge in [-0.15, -0.1) is 0 Å². The Balaban J connectivity index is 1.76. The number of amides is 1. The van der Waals surface area contributed by atoms with Gasteiger partial charge in [-0.1, -0.05) is 42.5 Å². The first kappa shape index (κ1) is 22.5. The molecule has 0 saturated carbocycles. The maximum atomic E-state index is 13.2. The molecule has 0 fully saturated rings. The maximum Gasteiger partial charge on any atom is 0.241 e. The fourth-order valence-corrected chi connectivity index (χ4v) is 4.16. The fraction of sp³-hybridized carbons (Fsp3) is 0.174. The minimum absolute atomic E-state index is 0.116. The zero-order valence-electron chi connectivity index (χ0n) is 16.9. The Hall–Kier alpha value is -3.23. The first-order chi connectivity index (χ1) is 14.9. The summed E-state index contributed by atoms with van der Waals surface area (Å²) in [7, 11) is -2.46. The summed E-state index contributed by atoms with van der Waals surface area (Å²) in [5, 5.41) is 2.77. The highest BCUT2D eigenvalue weighted by molar-refractivity contribution is 7.89. The number of hydrogen-bond acceptors (Lipinski definition) is 4. The zero-order valence-corrected chi connectivity index (χ0v) is 17.7. The molecule has 3 aromatic carbocycles. The smallest absolute Gasteiger partial charge is 0.241 e. The highest BCUT2D eigenvalue weighted by Crippen LogP contribution is 2.14. The molecule has 0 aromatic heterocycles. The average Bonchev–Trinajstić information content (AvgIpc) is 2.78. The van der Waals surface area contributed by atoms with E-state index in [-0.39, 0.29) is 17.9 Å². The number of hydrogen-bond donors (Lipinski definition) is 2. The normalized spacial score (nSPS) is 12.2. The number of nitrogens with one attached hydrogen (secondary N) is 2. The average molecular weight is 443 g/mol. The molecule has 0 unspecified atom stereocenters. The van der Waals surface area contributed by atoms with Gasteiger partial charge in [0, 0.05) is 6.54 Å². The topological polar surface area (TPSA) is 84.5 Å². The maximum absolute atomic E-state index is 13.2. The van der Waals surface area contributed by atoms with Crippen LogP contribution in [0.2, 0.25) is 0 Å². The number of halogens is 1. The van der Waals surface area contributed by atoms with Crippen LogP contribution >= 0.6 is 0 Å². The van der Waals surface area contributed by atoms with Gasteiger partial charge in [0.05, 0.1) is 12.0 Å². The summed E-state index contributed by atoms with van der Waals surface area (Å²) in [5.74, 6) is -0.313. The van der Waals surface area contributed by atoms with Crippen LogP contribution in [0.3, 0.4) is 0 Å². The van der Waals surface area contributed by atoms with Crippen molar-refractivity contribution in [3.63, 3.8) is 0 Å². The van der Waals surface area contributed by atoms with Gasteiger partial charge in [-0.25, -0.2) is 12.8 Å². The second-order valence-corrected chi connectivity index (χ2v) is 8.60. The van der Waals surface area contributed by atoms with E-state index in [2.05, 4.69) is 10.0 Å². The zero-order chi connectivity index (χ0) is 22.3. The van der Waals surface area contributed by atoms with Crippen molar-refractivity contribution < 1.29 is 22.3 Å². The number of carbonyl (C=O) groups excluding carboxylic acids is 1. The van der Waals surface area contributed by atoms with Crippen LogP contribution in [0.5, 0.6) is 5.75 Å². The lowest BCUT2D eigenvalue weighted by Gasteiger charge is -2.19. The molecular weight excluding hydrogens is 419 g/mol. The minimum atomic E-state index is -4.03. The lowest BCUT2D eigenvalue weighted by atomic mass is 10.1. The van der Waals surface area contributed by atoms with E-state index in [1.54, 1.807) is 19.2 Å². The molecule has 0 aliphatic rings. The number of carbonyl (C=O) groups is 1. The van der Waals surface area contributed by atoms with E-state index in [1.807, 2.05) is 42.5 Å². The lowest BCUT2D eigenvalue weighted by Crippen LogP contribution is -2.47. The summed E-state index contributed by atoms with van der Waals surface area (Å²) in [4.78, 5) is 12.8. The quantitative estimate of drug-likeness (QED) is 0.534. The summed E-state index contributed by atoms with van der Waals surface area (Å²) in [6.45, 7) is 0.229. The van der Waals surface area contributed by atoms with Crippen molar-refractivity contribution in [2.45, 2.75) is 23.9 Å². The molecule has 31 heavy (non-hydrogen) atoms. The number of sulfonamides is 1. The summed E-state index contributed by atoms with van der Waals surface area (Å²) in [6.07, 6.45) is 0.162. The van der Waals surface area contributed by atoms with Crippen molar-refractivity contribution in [3.05, 3.63) is 95.8 Å². The van der Waals surface area contributed by atoms with E-state index >= 15 is 0 Å². The minimum Gasteiger partial charge on any atom is -0.497 e. The molecule has 6 nitrogen and oxygen atoms in total. The summed E-state index contributed by atoms with van der Waals surface area (Å²) in [6, 6.07) is 19.7. The van der Waals surface area contributed by atoms with Gasteiger partial charge in [-0.2, -0.15) is 4.72 Å². The molecule has 0 aliphatic heterocycles. The molecule has 0 bridgehead atoms. The van der Waals surface area contributed by atoms with E-state index in [1.165, 1.54) is 0 Å². The monoisotopic (exact) mass is 442 g/mol. The number of rotatable bonds is 9. The molecule has 0 spiro atoms. The SMILES string of the molecule is COc1ccc(CNC(=O)[C@H](Cc2ccccc2)NS(=O)(=O)c2ccc(F)cc2)cc1. The Morgan fingerprint density at radius 1 is 0.935 bits per heavy atom. The number of benzene rings is 3. The Labute approximate surface area is 181 Å². The highest BCUT2D eigenvalue weighted by Gasteiger charge is 2.26. The van der Waals surface area contributed by atoms with Crippen LogP contribution in [0.25, 0.3) is 0 Å². The molecule has 2 N–H and O–H groups in total. The molecule has 0 saturated heterocycles. The van der Waals surface area contributed by atoms with Gasteiger partial charge in [-0.05, 0) is 53.9 Å². The van der Waals surface area contributed by atoms with Crippen LogP contribution in [-0.4, -0.2) is 27.5 Å². The first-order valence-corrected chi connectivity index (χ1v) is 11.1. The van der Waals surface area contributed by atoms with Gasteiger partial charge in [-0.3, -0.25) is 4.79 Å². The van der Waals surface area contributed by atoms with Gasteiger partial charge in [0.1, 0.15) is 17.6 Å². The van der Waals surface area contributed by atoms with Crippen LogP contribution in [0.1, 0.15) is 11.1 Å². The Kier molecular flexibility index (Phi) is 7.38. The molecule has 0 heterocycles. The third kappa shape index (κ3) is 6.37. The van der Waals surface area contributed by atoms with Gasteiger partial charge in [0.25, 0.3) is 0 Å². The molecule has 3 aromatic rings. The van der Waals surface area contributed by atoms with Crippen molar-refractivity contribution in [2.75, 3.05) is 7.11 Å². The molecule has 0 radical (unpaired) electrons. The van der Waals surface area contributed by atoms with Crippen molar-refractivity contribution in [1.29, 1.82) is 0 Å². The van der Waals surface area contributed by atoms with E-state index in [0.717, 1.165) is 35.4 Å². The molecule has 8 heteroatoms. The number of methoxy groups -OCH3 is 1. The van der Waals surface area contributed by atoms with Gasteiger partial charge in [0.15, 0.2) is 0 Å². The van der Waals surface area contributed by atoms with Crippen LogP contribution in [0.4, 0.5) is 4.39 Å². The van der Waals surface area contributed by atoms with Crippen LogP contribution in [0, 0.1) is 5.82 Å². The Morgan fingerprint density at radius 3 is 2.19 bits per heavy atom. The second kappa shape index (κ2) is 10.2. The highest BCUT2D eigenvalue weighted by atomic mass is 32.2. The van der Waals surface area contributed by atoms with E-state index in [4.69, 9.17) is 4.74 Å². The Bertz CT molecular complexity index is 1100. The molecule has 1 atom stereocenters. The van der Waals surface area contributed by atoms with Gasteiger partial charge < -0.3 is 10.1 Å². The van der Waals surface area contributed by atoms with Crippen LogP contribution in [0.15, 0.2) is 83.8 Å². The summed E-state index contributed by atoms with van der Waals surface area (Å²) >= 11 is 0. The van der Waals surface area contributed by atoms with Crippen molar-refractivity contribution in [2.24, 2.45) is 0 Å². The molecule has 3 rings (SSSR count). The Morgan fingerprint density at radius 2 is 1.58 bits per heavy atom. The lowest BCUT2D eigenvalue weighted by molar-refractivity contribution is -0.122. The third-order valence-corrected chi connectivity index (χ3v) is 6.13. The largest absolute Gasteiger partial charge is 0.497 e. The molecule has 162 valence electrons. The standard InChI is InChI=1S/C23H23FN2O4S/c1-30-20-11-7-18(8-12-20)16-25-23(27)22(15-17-5-3-2-4-6-17)26-31(28,29)21-13-9-19(24)10-14-21/h2-14,22,26H,15-16H2,1H3,(H,25,27)/t22-/m0/s1. The first-order valence-electron chi connectivity index (χ1n) is 9.60. The molecule has 1 amide bonds. The predicted octanol–water partition coefficient (Wildman–Crippen LogP) is 3.04. The van der Waals surface area contributed by atoms with E-state index in [0.29, 0.717) is 5.75 Å². The summed E-state index contributed by atoms with van der Waals surface area (Å²) < 4.78 is 46.3. The fourth-order valence-electron chi connectivity index (χ4n) is 2.96. The van der Waals surface area contributed by atoms with Crippen molar-refractivity contribution in [3.8, 4) is 5.75 Å². The predicted molar refractivity (Wildman–Crippen MR) is 115 cm³/mol. The number of ether oxygens (including phenoxy) is 1. The second-order valence-electron chi connectivity index (χ2n) is 6.88. The van der Waals surface area contributed by atoms with Crippen LogP contribution in [-0.2, 0) is 27.8 Å². The summed E-state index contributed by atoms with van der Waals surface area (Å²) in [5.41, 5.74) is 1.64. The van der Waals surface area contributed by atoms with E-state index in [9.17, 15) is 17.6 Å². The third-order valence-electron chi connectivity index (χ3n) is 4.65. The van der Waals surface area contributed by atoms with Gasteiger partial charge in [0.2, 0.25) is 15.9 Å². The van der Waals surface area contributed by atoms with Gasteiger partial charge >= 0.3 is 0 Å². The van der Waals surface area contributed by atoms with Crippen LogP contribution < -0.4 is 14.8 Å². The van der Waals surface area contributed by atoms with Crippen molar-refractivity contribution >= 4 is 15.9 Å². The van der Waals surface area contributed by atoms with Crippen molar-refractivity contribution in [1.82, 2.24) is 10.0 Å². The van der Waals surface area contributed by atoms with E-state index < -0.39 is 27.8 Å². The molecular formula is C23H23FN2O4S. The molecule has 0 aliphatic carbocycles.